The van der Waals surface area contributed by atoms with Crippen molar-refractivity contribution in [1.82, 2.24) is 0 Å². The summed E-state index contributed by atoms with van der Waals surface area (Å²) in [6, 6.07) is 23.6. The number of benzene rings is 4. The molecule has 4 aliphatic rings. The molecule has 0 spiro atoms. The van der Waals surface area contributed by atoms with Crippen LogP contribution in [0, 0.1) is 0 Å². The summed E-state index contributed by atoms with van der Waals surface area (Å²) in [6.07, 6.45) is 0. The van der Waals surface area contributed by atoms with Crippen LogP contribution in [-0.2, 0) is 134 Å². The van der Waals surface area contributed by atoms with E-state index in [-0.39, 0.29) is 69.0 Å². The van der Waals surface area contributed by atoms with Gasteiger partial charge in [-0.15, -0.1) is 0 Å². The summed E-state index contributed by atoms with van der Waals surface area (Å²) in [5.41, 5.74) is 10.2. The molecule has 0 amide bonds. The van der Waals surface area contributed by atoms with Gasteiger partial charge in [0.2, 0.25) is 0 Å². The molecular weight excluding hydrogens is 721 g/mol. The van der Waals surface area contributed by atoms with Crippen LogP contribution in [0.15, 0.2) is 72.8 Å². The van der Waals surface area contributed by atoms with Gasteiger partial charge in [0.1, 0.15) is 0 Å². The lowest BCUT2D eigenvalue weighted by molar-refractivity contribution is 0.681. The maximum atomic E-state index is 13.6. The van der Waals surface area contributed by atoms with Crippen LogP contribution in [0.3, 0.4) is 0 Å². The molecule has 12 heteroatoms. The van der Waals surface area contributed by atoms with Gasteiger partial charge >= 0.3 is 0 Å². The van der Waals surface area contributed by atoms with Crippen LogP contribution in [0.1, 0.15) is 66.8 Å². The normalized spacial score (nSPS) is 26.2. The zero-order valence-electron chi connectivity index (χ0n) is 26.3. The molecule has 4 heterocycles. The summed E-state index contributed by atoms with van der Waals surface area (Å²) in [4.78, 5) is 0. The lowest BCUT2D eigenvalue weighted by Gasteiger charge is -2.16. The number of fused-ring (bicyclic) bond motifs is 12. The highest BCUT2D eigenvalue weighted by Crippen LogP contribution is 2.26. The summed E-state index contributed by atoms with van der Waals surface area (Å²) in [7, 11) is -7.72. The molecule has 0 N–H and O–H groups in total. The Morgan fingerprint density at radius 1 is 0.208 bits per heavy atom. The second-order valence-electron chi connectivity index (χ2n) is 13.0. The summed E-state index contributed by atoms with van der Waals surface area (Å²) in [6.45, 7) is 0. The van der Waals surface area contributed by atoms with E-state index >= 15 is 0 Å². The van der Waals surface area contributed by atoms with E-state index in [9.17, 15) is 25.3 Å². The average molecular weight is 757 g/mol. The van der Waals surface area contributed by atoms with Crippen LogP contribution >= 0.6 is 0 Å². The molecule has 0 unspecified atom stereocenters. The molecule has 0 atom stereocenters. The predicted molar refractivity (Wildman–Crippen MR) is 199 cm³/mol. The van der Waals surface area contributed by atoms with Crippen LogP contribution in [0.5, 0.6) is 0 Å². The third-order valence-electron chi connectivity index (χ3n) is 8.38. The van der Waals surface area contributed by atoms with Crippen molar-refractivity contribution < 1.29 is 25.3 Å². The minimum absolute atomic E-state index is 0.283. The molecule has 0 aliphatic carbocycles. The van der Waals surface area contributed by atoms with E-state index in [1.807, 2.05) is 72.8 Å². The number of hydrogen-bond donors (Lipinski definition) is 0. The topological polar surface area (TPSA) is 102 Å². The first kappa shape index (κ1) is 34.2. The van der Waals surface area contributed by atoms with Gasteiger partial charge in [-0.05, 0) is 66.8 Å². The molecule has 0 radical (unpaired) electrons. The van der Waals surface area contributed by atoms with Crippen LogP contribution in [0.4, 0.5) is 0 Å². The molecule has 0 fully saturated rings. The largest absolute Gasteiger partial charge is 0.259 e. The van der Waals surface area contributed by atoms with E-state index in [0.717, 1.165) is 66.8 Å². The second kappa shape index (κ2) is 14.9. The Labute approximate surface area is 296 Å². The van der Waals surface area contributed by atoms with E-state index in [2.05, 4.69) is 0 Å². The Bertz CT molecular complexity index is 1510. The number of hydrogen-bond acceptors (Lipinski definition) is 6. The van der Waals surface area contributed by atoms with Crippen molar-refractivity contribution in [3.05, 3.63) is 140 Å². The highest BCUT2D eigenvalue weighted by molar-refractivity contribution is 7.84. The first-order valence-corrected chi connectivity index (χ1v) is 24.6. The van der Waals surface area contributed by atoms with E-state index in [4.69, 9.17) is 0 Å². The zero-order chi connectivity index (χ0) is 33.4. The van der Waals surface area contributed by atoms with E-state index in [0.29, 0.717) is 0 Å². The molecule has 6 nitrogen and oxygen atoms in total. The van der Waals surface area contributed by atoms with E-state index in [1.54, 1.807) is 0 Å². The second-order valence-corrected chi connectivity index (χ2v) is 21.7. The fourth-order valence-electron chi connectivity index (χ4n) is 6.89. The fourth-order valence-corrected chi connectivity index (χ4v) is 14.0. The standard InChI is InChI=1S/C36H36O6S6/c37-43-13-25-1-26-3-27(2-25)15-45(39)18-34-10-35-12-36(11-34)24-48(42)22-33-7-29(17-44(38)14-26)5-31(9-33)20-46(40)19-30-4-28(16-43)6-32(8-30)21-47(41)23-35/h1-12H,13-24H2. The van der Waals surface area contributed by atoms with E-state index in [1.165, 1.54) is 0 Å². The van der Waals surface area contributed by atoms with Gasteiger partial charge in [-0.25, -0.2) is 0 Å². The highest BCUT2D eigenvalue weighted by Gasteiger charge is 2.18. The molecule has 0 saturated carbocycles. The Morgan fingerprint density at radius 2 is 0.292 bits per heavy atom. The summed E-state index contributed by atoms with van der Waals surface area (Å²) in [5, 5.41) is 0. The van der Waals surface area contributed by atoms with Crippen molar-refractivity contribution >= 4 is 64.8 Å². The molecule has 48 heavy (non-hydrogen) atoms. The van der Waals surface area contributed by atoms with Gasteiger partial charge in [-0.2, -0.15) is 0 Å². The third kappa shape index (κ3) is 9.11. The van der Waals surface area contributed by atoms with Gasteiger partial charge in [0.15, 0.2) is 0 Å². The molecule has 4 aromatic rings. The lowest BCUT2D eigenvalue weighted by atomic mass is 10.1. The van der Waals surface area contributed by atoms with Gasteiger partial charge < -0.3 is 0 Å². The van der Waals surface area contributed by atoms with Crippen molar-refractivity contribution in [2.45, 2.75) is 69.0 Å². The number of rotatable bonds is 0. The SMILES string of the molecule is O=S1Cc2cc3cc(c2)CS(=O)Cc2cc4cc(c2)CS(=O)Cc2cc(cc(c2)CS(=O)Cc2cc(cc(c2)CS(=O)C4)C1)CS(=O)C3. The Balaban J connectivity index is 1.46. The van der Waals surface area contributed by atoms with Crippen LogP contribution in [0.2, 0.25) is 0 Å². The van der Waals surface area contributed by atoms with Crippen molar-refractivity contribution in [2.75, 3.05) is 0 Å². The predicted octanol–water partition coefficient (Wildman–Crippen LogP) is 5.32. The monoisotopic (exact) mass is 756 g/mol. The third-order valence-corrected chi connectivity index (χ3v) is 16.2. The van der Waals surface area contributed by atoms with Crippen molar-refractivity contribution in [3.8, 4) is 0 Å². The van der Waals surface area contributed by atoms with Crippen LogP contribution < -0.4 is 0 Å². The maximum Gasteiger partial charge on any atom is 0.0489 e. The Hall–Kier alpha value is -2.22. The molecule has 12 bridgehead atoms. The smallest absolute Gasteiger partial charge is 0.0489 e. The molecular formula is C36H36O6S6. The highest BCUT2D eigenvalue weighted by atomic mass is 32.2. The Kier molecular flexibility index (Phi) is 10.7. The van der Waals surface area contributed by atoms with Gasteiger partial charge in [-0.3, -0.25) is 25.3 Å². The minimum Gasteiger partial charge on any atom is -0.259 e. The van der Waals surface area contributed by atoms with Crippen LogP contribution in [0.25, 0.3) is 0 Å². The summed E-state index contributed by atoms with van der Waals surface area (Å²) in [5.74, 6) is 3.40. The molecule has 0 saturated heterocycles. The average Bonchev–Trinajstić information content (AvgIpc) is 2.94. The van der Waals surface area contributed by atoms with Crippen molar-refractivity contribution in [2.24, 2.45) is 0 Å². The van der Waals surface area contributed by atoms with Gasteiger partial charge in [-0.1, -0.05) is 72.8 Å². The maximum absolute atomic E-state index is 13.6. The van der Waals surface area contributed by atoms with Crippen LogP contribution in [-0.4, -0.2) is 25.3 Å². The molecule has 252 valence electrons. The van der Waals surface area contributed by atoms with Gasteiger partial charge in [0.25, 0.3) is 0 Å². The molecule has 4 aliphatic heterocycles. The van der Waals surface area contributed by atoms with Crippen molar-refractivity contribution in [3.63, 3.8) is 0 Å². The summed E-state index contributed by atoms with van der Waals surface area (Å²) < 4.78 is 81.8. The minimum atomic E-state index is -1.29. The summed E-state index contributed by atoms with van der Waals surface area (Å²) >= 11 is 0. The van der Waals surface area contributed by atoms with Gasteiger partial charge in [0.05, 0.1) is 0 Å². The first-order chi connectivity index (χ1) is 23.1. The molecule has 0 aromatic heterocycles. The Morgan fingerprint density at radius 3 is 0.375 bits per heavy atom. The molecule has 8 rings (SSSR count). The van der Waals surface area contributed by atoms with E-state index < -0.39 is 64.8 Å². The first-order valence-electron chi connectivity index (χ1n) is 15.6. The fraction of sp³-hybridized carbons (Fsp3) is 0.333. The lowest BCUT2D eigenvalue weighted by Crippen LogP contribution is -2.10. The zero-order valence-corrected chi connectivity index (χ0v) is 31.2. The van der Waals surface area contributed by atoms with Gasteiger partial charge in [0, 0.05) is 134 Å². The quantitative estimate of drug-likeness (QED) is 0.241. The molecule has 4 aromatic carbocycles. The van der Waals surface area contributed by atoms with Crippen molar-refractivity contribution in [1.29, 1.82) is 0 Å².